The molecule has 3 rings (SSSR count). The molecule has 29 heavy (non-hydrogen) atoms. The molecule has 0 unspecified atom stereocenters. The van der Waals surface area contributed by atoms with E-state index in [1.54, 1.807) is 6.08 Å². The summed E-state index contributed by atoms with van der Waals surface area (Å²) in [5, 5.41) is 23.0. The fourth-order valence-electron chi connectivity index (χ4n) is 2.52. The molecule has 148 valence electrons. The predicted octanol–water partition coefficient (Wildman–Crippen LogP) is 3.45. The Morgan fingerprint density at radius 2 is 2.00 bits per heavy atom. The largest absolute Gasteiger partial charge is 0.506 e. The first-order valence-electron chi connectivity index (χ1n) is 8.34. The second-order valence-electron chi connectivity index (χ2n) is 6.19. The SMILES string of the molecule is Cc1ccc(/C=C2\SC(=S)N(CC(=O)Nc3ccc([N+](=O)[O-])cc3O)C2=O)cc1. The van der Waals surface area contributed by atoms with Crippen LogP contribution in [0, 0.1) is 17.0 Å². The summed E-state index contributed by atoms with van der Waals surface area (Å²) < 4.78 is 0.247. The molecule has 1 fully saturated rings. The minimum absolute atomic E-state index is 0.00115. The number of hydrogen-bond donors (Lipinski definition) is 2. The van der Waals surface area contributed by atoms with Gasteiger partial charge in [0.2, 0.25) is 5.91 Å². The van der Waals surface area contributed by atoms with Crippen molar-refractivity contribution in [3.05, 3.63) is 68.6 Å². The Kier molecular flexibility index (Phi) is 5.95. The molecular weight excluding hydrogens is 414 g/mol. The number of rotatable bonds is 5. The van der Waals surface area contributed by atoms with Crippen LogP contribution >= 0.6 is 24.0 Å². The number of nitro groups is 1. The molecule has 2 aromatic rings. The van der Waals surface area contributed by atoms with Crippen molar-refractivity contribution in [2.45, 2.75) is 6.92 Å². The van der Waals surface area contributed by atoms with Crippen LogP contribution in [0.25, 0.3) is 6.08 Å². The van der Waals surface area contributed by atoms with Gasteiger partial charge in [0.1, 0.15) is 16.6 Å². The van der Waals surface area contributed by atoms with E-state index in [1.165, 1.54) is 6.07 Å². The number of thiocarbonyl (C=S) groups is 1. The first-order valence-corrected chi connectivity index (χ1v) is 9.56. The number of aromatic hydroxyl groups is 1. The fraction of sp³-hybridized carbons (Fsp3) is 0.105. The summed E-state index contributed by atoms with van der Waals surface area (Å²) in [6.45, 7) is 1.62. The Morgan fingerprint density at radius 1 is 1.31 bits per heavy atom. The number of hydrogen-bond acceptors (Lipinski definition) is 7. The third-order valence-electron chi connectivity index (χ3n) is 4.02. The van der Waals surface area contributed by atoms with E-state index in [2.05, 4.69) is 5.32 Å². The summed E-state index contributed by atoms with van der Waals surface area (Å²) >= 11 is 6.31. The third-order valence-corrected chi connectivity index (χ3v) is 5.39. The van der Waals surface area contributed by atoms with Crippen molar-refractivity contribution in [3.8, 4) is 5.75 Å². The molecule has 0 bridgehead atoms. The second kappa shape index (κ2) is 8.41. The van der Waals surface area contributed by atoms with Crippen LogP contribution in [0.4, 0.5) is 11.4 Å². The maximum absolute atomic E-state index is 12.6. The highest BCUT2D eigenvalue weighted by Crippen LogP contribution is 2.33. The molecule has 0 spiro atoms. The molecule has 0 aliphatic carbocycles. The maximum Gasteiger partial charge on any atom is 0.273 e. The number of carbonyl (C=O) groups excluding carboxylic acids is 2. The Balaban J connectivity index is 1.69. The molecule has 0 atom stereocenters. The van der Waals surface area contributed by atoms with Crippen molar-refractivity contribution in [2.24, 2.45) is 0 Å². The number of non-ortho nitro benzene ring substituents is 1. The first-order chi connectivity index (χ1) is 13.7. The van der Waals surface area contributed by atoms with Gasteiger partial charge in [-0.15, -0.1) is 0 Å². The minimum Gasteiger partial charge on any atom is -0.506 e. The molecule has 10 heteroatoms. The van der Waals surface area contributed by atoms with Gasteiger partial charge in [-0.2, -0.15) is 0 Å². The molecule has 1 aliphatic rings. The summed E-state index contributed by atoms with van der Waals surface area (Å²) in [7, 11) is 0. The molecule has 0 aromatic heterocycles. The van der Waals surface area contributed by atoms with Crippen molar-refractivity contribution in [1.82, 2.24) is 4.90 Å². The molecular formula is C19H15N3O5S2. The molecule has 0 radical (unpaired) electrons. The molecule has 2 amide bonds. The van der Waals surface area contributed by atoms with Crippen molar-refractivity contribution in [2.75, 3.05) is 11.9 Å². The van der Waals surface area contributed by atoms with Crippen molar-refractivity contribution < 1.29 is 19.6 Å². The van der Waals surface area contributed by atoms with Crippen LogP contribution in [0.2, 0.25) is 0 Å². The lowest BCUT2D eigenvalue weighted by molar-refractivity contribution is -0.384. The van der Waals surface area contributed by atoms with E-state index in [0.717, 1.165) is 39.9 Å². The maximum atomic E-state index is 12.6. The van der Waals surface area contributed by atoms with E-state index in [4.69, 9.17) is 12.2 Å². The Bertz CT molecular complexity index is 1050. The van der Waals surface area contributed by atoms with Crippen LogP contribution < -0.4 is 5.32 Å². The van der Waals surface area contributed by atoms with Gasteiger partial charge < -0.3 is 10.4 Å². The summed E-state index contributed by atoms with van der Waals surface area (Å²) in [6.07, 6.45) is 1.71. The van der Waals surface area contributed by atoms with E-state index in [9.17, 15) is 24.8 Å². The van der Waals surface area contributed by atoms with E-state index >= 15 is 0 Å². The molecule has 0 saturated carbocycles. The highest BCUT2D eigenvalue weighted by molar-refractivity contribution is 8.26. The quantitative estimate of drug-likeness (QED) is 0.246. The Labute approximate surface area is 175 Å². The average Bonchev–Trinajstić information content (AvgIpc) is 2.92. The zero-order chi connectivity index (χ0) is 21.1. The molecule has 1 saturated heterocycles. The lowest BCUT2D eigenvalue weighted by Crippen LogP contribution is -2.36. The van der Waals surface area contributed by atoms with Crippen LogP contribution in [0.3, 0.4) is 0 Å². The zero-order valence-corrected chi connectivity index (χ0v) is 16.8. The number of nitro benzene ring substituents is 1. The van der Waals surface area contributed by atoms with Gasteiger partial charge in [-0.3, -0.25) is 24.6 Å². The van der Waals surface area contributed by atoms with Gasteiger partial charge in [0, 0.05) is 6.07 Å². The number of benzene rings is 2. The van der Waals surface area contributed by atoms with Gasteiger partial charge in [-0.05, 0) is 24.6 Å². The van der Waals surface area contributed by atoms with Crippen LogP contribution in [0.5, 0.6) is 5.75 Å². The monoisotopic (exact) mass is 429 g/mol. The van der Waals surface area contributed by atoms with Crippen LogP contribution in [-0.2, 0) is 9.59 Å². The molecule has 1 aliphatic heterocycles. The number of nitrogens with one attached hydrogen (secondary N) is 1. The smallest absolute Gasteiger partial charge is 0.273 e. The number of thioether (sulfide) groups is 1. The molecule has 1 heterocycles. The molecule has 2 aromatic carbocycles. The van der Waals surface area contributed by atoms with Gasteiger partial charge in [0.25, 0.3) is 11.6 Å². The third kappa shape index (κ3) is 4.79. The normalized spacial score (nSPS) is 15.1. The van der Waals surface area contributed by atoms with Gasteiger partial charge >= 0.3 is 0 Å². The van der Waals surface area contributed by atoms with Crippen LogP contribution in [0.1, 0.15) is 11.1 Å². The number of phenolic OH excluding ortho intramolecular Hbond substituents is 1. The topological polar surface area (TPSA) is 113 Å². The highest BCUT2D eigenvalue weighted by Gasteiger charge is 2.33. The van der Waals surface area contributed by atoms with Crippen molar-refractivity contribution >= 4 is 57.6 Å². The van der Waals surface area contributed by atoms with Crippen molar-refractivity contribution in [3.63, 3.8) is 0 Å². The number of carbonyl (C=O) groups is 2. The van der Waals surface area contributed by atoms with E-state index in [1.807, 2.05) is 31.2 Å². The average molecular weight is 429 g/mol. The number of amides is 2. The van der Waals surface area contributed by atoms with Crippen LogP contribution in [-0.4, -0.2) is 37.6 Å². The van der Waals surface area contributed by atoms with Gasteiger partial charge in [0.15, 0.2) is 0 Å². The molecule has 2 N–H and O–H groups in total. The standard InChI is InChI=1S/C19H15N3O5S2/c1-11-2-4-12(5-3-11)8-16-18(25)21(19(28)29-16)10-17(24)20-14-7-6-13(22(26)27)9-15(14)23/h2-9,23H,10H2,1H3,(H,20,24)/b16-8-. The number of anilines is 1. The number of nitrogens with zero attached hydrogens (tertiary/aromatic N) is 2. The summed E-state index contributed by atoms with van der Waals surface area (Å²) in [6, 6.07) is 10.9. The minimum atomic E-state index is -0.661. The number of phenols is 1. The fourth-order valence-corrected chi connectivity index (χ4v) is 3.78. The van der Waals surface area contributed by atoms with E-state index < -0.39 is 16.6 Å². The molecule has 8 nitrogen and oxygen atoms in total. The van der Waals surface area contributed by atoms with Crippen molar-refractivity contribution in [1.29, 1.82) is 0 Å². The lowest BCUT2D eigenvalue weighted by Gasteiger charge is -2.14. The Morgan fingerprint density at radius 3 is 2.62 bits per heavy atom. The lowest BCUT2D eigenvalue weighted by atomic mass is 10.1. The second-order valence-corrected chi connectivity index (χ2v) is 7.86. The van der Waals surface area contributed by atoms with Gasteiger partial charge in [0.05, 0.1) is 21.6 Å². The highest BCUT2D eigenvalue weighted by atomic mass is 32.2. The van der Waals surface area contributed by atoms with Gasteiger partial charge in [-0.25, -0.2) is 0 Å². The summed E-state index contributed by atoms with van der Waals surface area (Å²) in [4.78, 5) is 36.5. The predicted molar refractivity (Wildman–Crippen MR) is 114 cm³/mol. The summed E-state index contributed by atoms with van der Waals surface area (Å²) in [5.74, 6) is -1.43. The van der Waals surface area contributed by atoms with E-state index in [0.29, 0.717) is 4.91 Å². The number of aryl methyl sites for hydroxylation is 1. The zero-order valence-electron chi connectivity index (χ0n) is 15.1. The van der Waals surface area contributed by atoms with Gasteiger partial charge in [-0.1, -0.05) is 53.8 Å². The first kappa shape index (κ1) is 20.5. The van der Waals surface area contributed by atoms with E-state index in [-0.39, 0.29) is 28.1 Å². The Hall–Kier alpha value is -3.24. The van der Waals surface area contributed by atoms with Crippen LogP contribution in [0.15, 0.2) is 47.4 Å². The summed E-state index contributed by atoms with van der Waals surface area (Å²) in [5.41, 5.74) is 1.64.